The first-order valence-corrected chi connectivity index (χ1v) is 7.87. The lowest BCUT2D eigenvalue weighted by atomic mass is 10.2. The summed E-state index contributed by atoms with van der Waals surface area (Å²) in [6.07, 6.45) is 3.34. The molecule has 0 amide bonds. The summed E-state index contributed by atoms with van der Waals surface area (Å²) in [6, 6.07) is 13.7. The van der Waals surface area contributed by atoms with Crippen LogP contribution < -0.4 is 9.47 Å². The highest BCUT2D eigenvalue weighted by molar-refractivity contribution is 5.91. The number of ether oxygens (including phenoxy) is 2. The number of benzene rings is 2. The quantitative estimate of drug-likeness (QED) is 0.455. The fraction of sp³-hybridized carbons (Fsp3) is 0.316. The molecule has 0 aromatic heterocycles. The molecule has 2 aromatic carbocycles. The molecule has 2 aromatic rings. The second-order valence-electron chi connectivity index (χ2n) is 5.27. The zero-order chi connectivity index (χ0) is 16.5. The molecule has 122 valence electrons. The molecule has 4 nitrogen and oxygen atoms in total. The summed E-state index contributed by atoms with van der Waals surface area (Å²) in [4.78, 5) is 12.1. The van der Waals surface area contributed by atoms with Gasteiger partial charge in [0.15, 0.2) is 0 Å². The number of esters is 1. The SMILES string of the molecule is CCCCCOc1ccc(C(=O)Oc2ccc(CO)cc2)cc1. The van der Waals surface area contributed by atoms with Gasteiger partial charge in [-0.15, -0.1) is 0 Å². The molecule has 0 unspecified atom stereocenters. The smallest absolute Gasteiger partial charge is 0.343 e. The molecule has 23 heavy (non-hydrogen) atoms. The van der Waals surface area contributed by atoms with Crippen LogP contribution in [0.15, 0.2) is 48.5 Å². The van der Waals surface area contributed by atoms with Crippen molar-refractivity contribution >= 4 is 5.97 Å². The number of carbonyl (C=O) groups is 1. The van der Waals surface area contributed by atoms with Crippen molar-refractivity contribution in [3.63, 3.8) is 0 Å². The maximum Gasteiger partial charge on any atom is 0.343 e. The molecule has 2 rings (SSSR count). The minimum Gasteiger partial charge on any atom is -0.494 e. The van der Waals surface area contributed by atoms with Crippen LogP contribution in [-0.2, 0) is 6.61 Å². The number of hydrogen-bond donors (Lipinski definition) is 1. The van der Waals surface area contributed by atoms with Gasteiger partial charge >= 0.3 is 5.97 Å². The average molecular weight is 314 g/mol. The van der Waals surface area contributed by atoms with Crippen molar-refractivity contribution in [3.05, 3.63) is 59.7 Å². The first-order chi connectivity index (χ1) is 11.2. The summed E-state index contributed by atoms with van der Waals surface area (Å²) in [5.41, 5.74) is 1.24. The minimum atomic E-state index is -0.417. The van der Waals surface area contributed by atoms with Crippen molar-refractivity contribution in [3.8, 4) is 11.5 Å². The Morgan fingerprint density at radius 3 is 2.22 bits per heavy atom. The molecule has 0 aliphatic carbocycles. The van der Waals surface area contributed by atoms with Gasteiger partial charge in [0.05, 0.1) is 18.8 Å². The largest absolute Gasteiger partial charge is 0.494 e. The Kier molecular flexibility index (Phi) is 6.63. The summed E-state index contributed by atoms with van der Waals surface area (Å²) >= 11 is 0. The van der Waals surface area contributed by atoms with Gasteiger partial charge in [0.1, 0.15) is 11.5 Å². The molecule has 0 radical (unpaired) electrons. The van der Waals surface area contributed by atoms with Gasteiger partial charge in [-0.1, -0.05) is 31.9 Å². The molecule has 0 saturated heterocycles. The van der Waals surface area contributed by atoms with Crippen LogP contribution in [0.5, 0.6) is 11.5 Å². The van der Waals surface area contributed by atoms with Gasteiger partial charge < -0.3 is 14.6 Å². The van der Waals surface area contributed by atoms with Gasteiger partial charge in [-0.05, 0) is 48.4 Å². The van der Waals surface area contributed by atoms with E-state index >= 15 is 0 Å². The van der Waals surface area contributed by atoms with Crippen molar-refractivity contribution in [1.82, 2.24) is 0 Å². The van der Waals surface area contributed by atoms with E-state index in [1.54, 1.807) is 48.5 Å². The van der Waals surface area contributed by atoms with Crippen LogP contribution >= 0.6 is 0 Å². The maximum atomic E-state index is 12.1. The molecular weight excluding hydrogens is 292 g/mol. The van der Waals surface area contributed by atoms with E-state index in [-0.39, 0.29) is 6.61 Å². The Labute approximate surface area is 136 Å². The lowest BCUT2D eigenvalue weighted by Crippen LogP contribution is -2.08. The van der Waals surface area contributed by atoms with Gasteiger partial charge in [0, 0.05) is 0 Å². The second-order valence-corrected chi connectivity index (χ2v) is 5.27. The predicted octanol–water partition coefficient (Wildman–Crippen LogP) is 3.97. The lowest BCUT2D eigenvalue weighted by molar-refractivity contribution is 0.0734. The highest BCUT2D eigenvalue weighted by Crippen LogP contribution is 2.17. The van der Waals surface area contributed by atoms with Crippen LogP contribution in [0.3, 0.4) is 0 Å². The van der Waals surface area contributed by atoms with Crippen LogP contribution in [0.4, 0.5) is 0 Å². The third kappa shape index (κ3) is 5.42. The molecule has 4 heteroatoms. The molecule has 0 atom stereocenters. The number of aliphatic hydroxyl groups is 1. The summed E-state index contributed by atoms with van der Waals surface area (Å²) < 4.78 is 10.9. The topological polar surface area (TPSA) is 55.8 Å². The number of unbranched alkanes of at least 4 members (excludes halogenated alkanes) is 2. The van der Waals surface area contributed by atoms with Gasteiger partial charge in [-0.2, -0.15) is 0 Å². The second kappa shape index (κ2) is 8.96. The fourth-order valence-corrected chi connectivity index (χ4v) is 2.06. The normalized spacial score (nSPS) is 10.3. The fourth-order valence-electron chi connectivity index (χ4n) is 2.06. The molecule has 1 N–H and O–H groups in total. The van der Waals surface area contributed by atoms with E-state index in [1.165, 1.54) is 0 Å². The monoisotopic (exact) mass is 314 g/mol. The van der Waals surface area contributed by atoms with Gasteiger partial charge in [-0.25, -0.2) is 4.79 Å². The Morgan fingerprint density at radius 2 is 1.61 bits per heavy atom. The Morgan fingerprint density at radius 1 is 0.957 bits per heavy atom. The standard InChI is InChI=1S/C19H22O4/c1-2-3-4-13-22-17-11-7-16(8-12-17)19(21)23-18-9-5-15(14-20)6-10-18/h5-12,20H,2-4,13-14H2,1H3. The number of carbonyl (C=O) groups excluding carboxylic acids is 1. The third-order valence-electron chi connectivity index (χ3n) is 3.42. The predicted molar refractivity (Wildman–Crippen MR) is 88.8 cm³/mol. The molecule has 0 heterocycles. The van der Waals surface area contributed by atoms with Gasteiger partial charge in [0.2, 0.25) is 0 Å². The zero-order valence-corrected chi connectivity index (χ0v) is 13.3. The lowest BCUT2D eigenvalue weighted by Gasteiger charge is -2.07. The van der Waals surface area contributed by atoms with Gasteiger partial charge in [-0.3, -0.25) is 0 Å². The molecule has 0 aliphatic rings. The molecule has 0 aliphatic heterocycles. The number of hydrogen-bond acceptors (Lipinski definition) is 4. The molecule has 0 saturated carbocycles. The van der Waals surface area contributed by atoms with E-state index in [2.05, 4.69) is 6.92 Å². The van der Waals surface area contributed by atoms with E-state index < -0.39 is 5.97 Å². The molecular formula is C19H22O4. The molecule has 0 bridgehead atoms. The first kappa shape index (κ1) is 17.0. The molecule has 0 spiro atoms. The van der Waals surface area contributed by atoms with Crippen molar-refractivity contribution in [2.24, 2.45) is 0 Å². The summed E-state index contributed by atoms with van der Waals surface area (Å²) in [5.74, 6) is 0.788. The highest BCUT2D eigenvalue weighted by atomic mass is 16.5. The molecule has 0 fully saturated rings. The number of aliphatic hydroxyl groups excluding tert-OH is 1. The summed E-state index contributed by atoms with van der Waals surface area (Å²) in [5, 5.41) is 8.99. The van der Waals surface area contributed by atoms with Crippen LogP contribution in [0.25, 0.3) is 0 Å². The third-order valence-corrected chi connectivity index (χ3v) is 3.42. The van der Waals surface area contributed by atoms with E-state index in [0.717, 1.165) is 30.6 Å². The summed E-state index contributed by atoms with van der Waals surface area (Å²) in [6.45, 7) is 2.81. The van der Waals surface area contributed by atoms with Crippen molar-refractivity contribution < 1.29 is 19.4 Å². The number of rotatable bonds is 8. The van der Waals surface area contributed by atoms with E-state index in [4.69, 9.17) is 14.6 Å². The van der Waals surface area contributed by atoms with E-state index in [9.17, 15) is 4.79 Å². The van der Waals surface area contributed by atoms with Crippen molar-refractivity contribution in [2.75, 3.05) is 6.61 Å². The van der Waals surface area contributed by atoms with Gasteiger partial charge in [0.25, 0.3) is 0 Å². The Hall–Kier alpha value is -2.33. The van der Waals surface area contributed by atoms with Crippen molar-refractivity contribution in [1.29, 1.82) is 0 Å². The van der Waals surface area contributed by atoms with Crippen LogP contribution in [0.2, 0.25) is 0 Å². The summed E-state index contributed by atoms with van der Waals surface area (Å²) in [7, 11) is 0. The van der Waals surface area contributed by atoms with E-state index in [0.29, 0.717) is 17.9 Å². The first-order valence-electron chi connectivity index (χ1n) is 7.87. The Balaban J connectivity index is 1.88. The zero-order valence-electron chi connectivity index (χ0n) is 13.3. The minimum absolute atomic E-state index is 0.0338. The highest BCUT2D eigenvalue weighted by Gasteiger charge is 2.08. The maximum absolute atomic E-state index is 12.1. The average Bonchev–Trinajstić information content (AvgIpc) is 2.60. The van der Waals surface area contributed by atoms with E-state index in [1.807, 2.05) is 0 Å². The van der Waals surface area contributed by atoms with Crippen LogP contribution in [0, 0.1) is 0 Å². The van der Waals surface area contributed by atoms with Crippen LogP contribution in [-0.4, -0.2) is 17.7 Å². The Bertz CT molecular complexity index is 602. The van der Waals surface area contributed by atoms with Crippen molar-refractivity contribution in [2.45, 2.75) is 32.8 Å². The van der Waals surface area contributed by atoms with Crippen LogP contribution in [0.1, 0.15) is 42.1 Å².